The van der Waals surface area contributed by atoms with Crippen LogP contribution in [0.2, 0.25) is 0 Å². The second kappa shape index (κ2) is 7.52. The molecule has 144 valence electrons. The lowest BCUT2D eigenvalue weighted by molar-refractivity contribution is -0.274. The van der Waals surface area contributed by atoms with Crippen LogP contribution in [0, 0.1) is 0 Å². The average molecular weight is 395 g/mol. The third-order valence-electron chi connectivity index (χ3n) is 3.56. The monoisotopic (exact) mass is 395 g/mol. The average Bonchev–Trinajstić information content (AvgIpc) is 2.85. The molecule has 11 heteroatoms. The first-order valence-electron chi connectivity index (χ1n) is 7.53. The second-order valence-electron chi connectivity index (χ2n) is 5.73. The number of carbonyl (C=O) groups excluding carboxylic acids is 2. The van der Waals surface area contributed by atoms with E-state index in [1.807, 2.05) is 0 Å². The number of sulfone groups is 1. The summed E-state index contributed by atoms with van der Waals surface area (Å²) in [7, 11) is -3.16. The van der Waals surface area contributed by atoms with Crippen molar-refractivity contribution < 1.29 is 40.7 Å². The number of rotatable bonds is 5. The number of amides is 1. The minimum Gasteiger partial charge on any atom is -0.449 e. The van der Waals surface area contributed by atoms with Gasteiger partial charge in [-0.3, -0.25) is 4.79 Å². The Labute approximate surface area is 147 Å². The van der Waals surface area contributed by atoms with Crippen LogP contribution in [-0.2, 0) is 19.4 Å². The zero-order chi connectivity index (χ0) is 19.5. The molecule has 1 N–H and O–H groups in total. The molecule has 2 atom stereocenters. The summed E-state index contributed by atoms with van der Waals surface area (Å²) in [6, 6.07) is 3.48. The molecule has 1 saturated heterocycles. The standard InChI is InChI=1S/C15H16F3NO6S/c1-9(13(20)19-11-6-7-26(22,23)8-11)24-14(21)10-2-4-12(5-3-10)25-15(16,17)18/h2-5,9,11H,6-8H2,1H3,(H,19,20)/t9-,11+/m1/s1. The highest BCUT2D eigenvalue weighted by Crippen LogP contribution is 2.23. The summed E-state index contributed by atoms with van der Waals surface area (Å²) >= 11 is 0. The van der Waals surface area contributed by atoms with Gasteiger partial charge in [-0.1, -0.05) is 0 Å². The second-order valence-corrected chi connectivity index (χ2v) is 7.96. The van der Waals surface area contributed by atoms with E-state index in [2.05, 4.69) is 10.1 Å². The third-order valence-corrected chi connectivity index (χ3v) is 5.32. The van der Waals surface area contributed by atoms with Crippen LogP contribution in [0.25, 0.3) is 0 Å². The fraction of sp³-hybridized carbons (Fsp3) is 0.467. The van der Waals surface area contributed by atoms with Gasteiger partial charge in [-0.05, 0) is 37.6 Å². The van der Waals surface area contributed by atoms with Crippen LogP contribution in [-0.4, -0.2) is 50.3 Å². The van der Waals surface area contributed by atoms with Gasteiger partial charge >= 0.3 is 12.3 Å². The van der Waals surface area contributed by atoms with E-state index in [9.17, 15) is 31.2 Å². The summed E-state index contributed by atoms with van der Waals surface area (Å²) in [6.07, 6.45) is -5.76. The number of hydrogen-bond donors (Lipinski definition) is 1. The van der Waals surface area contributed by atoms with Crippen LogP contribution in [0.1, 0.15) is 23.7 Å². The molecule has 7 nitrogen and oxygen atoms in total. The molecule has 1 fully saturated rings. The smallest absolute Gasteiger partial charge is 0.449 e. The summed E-state index contributed by atoms with van der Waals surface area (Å²) < 4.78 is 67.6. The summed E-state index contributed by atoms with van der Waals surface area (Å²) in [5, 5.41) is 2.49. The van der Waals surface area contributed by atoms with Crippen molar-refractivity contribution in [2.75, 3.05) is 11.5 Å². The van der Waals surface area contributed by atoms with Gasteiger partial charge in [0, 0.05) is 6.04 Å². The van der Waals surface area contributed by atoms with Crippen molar-refractivity contribution in [3.63, 3.8) is 0 Å². The molecule has 1 aromatic rings. The van der Waals surface area contributed by atoms with Crippen LogP contribution in [0.4, 0.5) is 13.2 Å². The van der Waals surface area contributed by atoms with Crippen LogP contribution < -0.4 is 10.1 Å². The fourth-order valence-electron chi connectivity index (χ4n) is 2.30. The zero-order valence-corrected chi connectivity index (χ0v) is 14.4. The lowest BCUT2D eigenvalue weighted by Crippen LogP contribution is -2.42. The minimum absolute atomic E-state index is 0.0154. The van der Waals surface area contributed by atoms with E-state index in [4.69, 9.17) is 4.74 Å². The van der Waals surface area contributed by atoms with Gasteiger partial charge in [0.2, 0.25) is 0 Å². The molecule has 0 saturated carbocycles. The molecule has 0 aromatic heterocycles. The molecule has 0 bridgehead atoms. The van der Waals surface area contributed by atoms with E-state index in [1.54, 1.807) is 0 Å². The maximum atomic E-state index is 12.1. The van der Waals surface area contributed by atoms with E-state index in [0.717, 1.165) is 24.3 Å². The number of alkyl halides is 3. The number of carbonyl (C=O) groups is 2. The van der Waals surface area contributed by atoms with Crippen molar-refractivity contribution in [1.29, 1.82) is 0 Å². The van der Waals surface area contributed by atoms with Gasteiger partial charge in [0.15, 0.2) is 15.9 Å². The molecule has 1 heterocycles. The van der Waals surface area contributed by atoms with Gasteiger partial charge in [-0.2, -0.15) is 0 Å². The van der Waals surface area contributed by atoms with Crippen molar-refractivity contribution in [1.82, 2.24) is 5.32 Å². The Morgan fingerprint density at radius 2 is 1.85 bits per heavy atom. The van der Waals surface area contributed by atoms with Crippen LogP contribution in [0.5, 0.6) is 5.75 Å². The zero-order valence-electron chi connectivity index (χ0n) is 13.6. The molecule has 1 aliphatic heterocycles. The van der Waals surface area contributed by atoms with Crippen molar-refractivity contribution >= 4 is 21.7 Å². The summed E-state index contributed by atoms with van der Waals surface area (Å²) in [5.74, 6) is -2.25. The Kier molecular flexibility index (Phi) is 5.79. The predicted molar refractivity (Wildman–Crippen MR) is 83.2 cm³/mol. The van der Waals surface area contributed by atoms with Gasteiger partial charge in [-0.15, -0.1) is 13.2 Å². The molecule has 26 heavy (non-hydrogen) atoms. The lowest BCUT2D eigenvalue weighted by atomic mass is 10.2. The van der Waals surface area contributed by atoms with Crippen molar-refractivity contribution in [2.45, 2.75) is 31.9 Å². The molecule has 1 aromatic carbocycles. The highest BCUT2D eigenvalue weighted by molar-refractivity contribution is 7.91. The lowest BCUT2D eigenvalue weighted by Gasteiger charge is -2.16. The first-order valence-corrected chi connectivity index (χ1v) is 9.35. The van der Waals surface area contributed by atoms with Gasteiger partial charge < -0.3 is 14.8 Å². The molecule has 1 aliphatic rings. The third kappa shape index (κ3) is 5.90. The number of hydrogen-bond acceptors (Lipinski definition) is 6. The van der Waals surface area contributed by atoms with Crippen LogP contribution in [0.15, 0.2) is 24.3 Å². The van der Waals surface area contributed by atoms with E-state index in [0.29, 0.717) is 0 Å². The van der Waals surface area contributed by atoms with Gasteiger partial charge in [-0.25, -0.2) is 13.2 Å². The highest BCUT2D eigenvalue weighted by Gasteiger charge is 2.32. The normalized spacial score (nSPS) is 20.2. The minimum atomic E-state index is -4.84. The number of esters is 1. The van der Waals surface area contributed by atoms with Gasteiger partial charge in [0.1, 0.15) is 5.75 Å². The molecular weight excluding hydrogens is 379 g/mol. The number of benzene rings is 1. The first kappa shape index (κ1) is 20.0. The van der Waals surface area contributed by atoms with E-state index >= 15 is 0 Å². The highest BCUT2D eigenvalue weighted by atomic mass is 32.2. The quantitative estimate of drug-likeness (QED) is 0.758. The Balaban J connectivity index is 1.89. The van der Waals surface area contributed by atoms with Crippen molar-refractivity contribution in [3.05, 3.63) is 29.8 Å². The Bertz CT molecular complexity index is 776. The largest absolute Gasteiger partial charge is 0.573 e. The molecule has 0 unspecified atom stereocenters. The number of nitrogens with one attached hydrogen (secondary N) is 1. The molecule has 1 amide bonds. The van der Waals surface area contributed by atoms with E-state index in [1.165, 1.54) is 6.92 Å². The molecule has 0 radical (unpaired) electrons. The Hall–Kier alpha value is -2.30. The van der Waals surface area contributed by atoms with E-state index < -0.39 is 46.0 Å². The Morgan fingerprint density at radius 3 is 2.35 bits per heavy atom. The predicted octanol–water partition coefficient (Wildman–Crippen LogP) is 1.43. The van der Waals surface area contributed by atoms with Crippen molar-refractivity contribution in [2.24, 2.45) is 0 Å². The van der Waals surface area contributed by atoms with Gasteiger partial charge in [0.25, 0.3) is 5.91 Å². The summed E-state index contributed by atoms with van der Waals surface area (Å²) in [6.45, 7) is 1.30. The van der Waals surface area contributed by atoms with Gasteiger partial charge in [0.05, 0.1) is 17.1 Å². The topological polar surface area (TPSA) is 98.8 Å². The first-order chi connectivity index (χ1) is 12.0. The van der Waals surface area contributed by atoms with Crippen molar-refractivity contribution in [3.8, 4) is 5.75 Å². The molecule has 0 spiro atoms. The van der Waals surface area contributed by atoms with E-state index in [-0.39, 0.29) is 23.5 Å². The maximum absolute atomic E-state index is 12.1. The maximum Gasteiger partial charge on any atom is 0.573 e. The molecule has 0 aliphatic carbocycles. The molecular formula is C15H16F3NO6S. The fourth-order valence-corrected chi connectivity index (χ4v) is 3.98. The SMILES string of the molecule is C[C@@H](OC(=O)c1ccc(OC(F)(F)F)cc1)C(=O)N[C@H]1CCS(=O)(=O)C1. The van der Waals surface area contributed by atoms with Crippen LogP contribution in [0.3, 0.4) is 0 Å². The number of ether oxygens (including phenoxy) is 2. The summed E-state index contributed by atoms with van der Waals surface area (Å²) in [4.78, 5) is 23.9. The number of halogens is 3. The Morgan fingerprint density at radius 1 is 1.23 bits per heavy atom. The molecule has 2 rings (SSSR count). The summed E-state index contributed by atoms with van der Waals surface area (Å²) in [5.41, 5.74) is -0.0670. The van der Waals surface area contributed by atoms with Crippen LogP contribution >= 0.6 is 0 Å².